The van der Waals surface area contributed by atoms with Gasteiger partial charge >= 0.3 is 0 Å². The number of nitrogens with zero attached hydrogens (tertiary/aromatic N) is 1. The Morgan fingerprint density at radius 2 is 2.25 bits per heavy atom. The molecular formula is C17H24ClN3O3. The summed E-state index contributed by atoms with van der Waals surface area (Å²) in [5, 5.41) is 6.04. The lowest BCUT2D eigenvalue weighted by atomic mass is 10.1. The third kappa shape index (κ3) is 4.93. The number of likely N-dealkylation sites (tertiary alicyclic amines) is 1. The van der Waals surface area contributed by atoms with Crippen molar-refractivity contribution in [3.8, 4) is 0 Å². The summed E-state index contributed by atoms with van der Waals surface area (Å²) in [5.41, 5.74) is 1.77. The number of ether oxygens (including phenoxy) is 1. The molecular weight excluding hydrogens is 330 g/mol. The maximum atomic E-state index is 12.2. The molecule has 0 bridgehead atoms. The van der Waals surface area contributed by atoms with Crippen LogP contribution in [0.5, 0.6) is 0 Å². The predicted molar refractivity (Wildman–Crippen MR) is 94.2 cm³/mol. The zero-order valence-electron chi connectivity index (χ0n) is 13.6. The second kappa shape index (κ2) is 9.01. The number of nitrogens with one attached hydrogen (secondary N) is 2. The summed E-state index contributed by atoms with van der Waals surface area (Å²) in [6.07, 6.45) is 2.24. The van der Waals surface area contributed by atoms with Crippen LogP contribution in [-0.2, 0) is 20.9 Å². The van der Waals surface area contributed by atoms with Crippen LogP contribution < -0.4 is 10.6 Å². The number of hydrogen-bond acceptors (Lipinski definition) is 4. The van der Waals surface area contributed by atoms with Crippen LogP contribution in [0.25, 0.3) is 0 Å². The highest BCUT2D eigenvalue weighted by Crippen LogP contribution is 2.17. The molecule has 2 heterocycles. The number of halogens is 1. The van der Waals surface area contributed by atoms with E-state index in [9.17, 15) is 9.59 Å². The first-order chi connectivity index (χ1) is 11.2. The Morgan fingerprint density at radius 1 is 1.38 bits per heavy atom. The molecule has 6 nitrogen and oxygen atoms in total. The Morgan fingerprint density at radius 3 is 3.00 bits per heavy atom. The largest absolute Gasteiger partial charge is 0.366 e. The van der Waals surface area contributed by atoms with Crippen LogP contribution in [0.3, 0.4) is 0 Å². The molecule has 0 radical (unpaired) electrons. The first-order valence-electron chi connectivity index (χ1n) is 8.22. The lowest BCUT2D eigenvalue weighted by molar-refractivity contribution is -0.134. The third-order valence-corrected chi connectivity index (χ3v) is 4.21. The molecule has 0 spiro atoms. The summed E-state index contributed by atoms with van der Waals surface area (Å²) in [4.78, 5) is 26.0. The van der Waals surface area contributed by atoms with Crippen LogP contribution in [0, 0.1) is 0 Å². The highest BCUT2D eigenvalue weighted by atomic mass is 35.5. The number of benzene rings is 1. The first kappa shape index (κ1) is 18.7. The first-order valence-corrected chi connectivity index (χ1v) is 8.22. The summed E-state index contributed by atoms with van der Waals surface area (Å²) < 4.78 is 5.45. The number of piperidine rings is 1. The van der Waals surface area contributed by atoms with Crippen molar-refractivity contribution < 1.29 is 14.3 Å². The zero-order valence-corrected chi connectivity index (χ0v) is 14.4. The summed E-state index contributed by atoms with van der Waals surface area (Å²) in [7, 11) is 0. The van der Waals surface area contributed by atoms with Crippen LogP contribution in [0.15, 0.2) is 24.3 Å². The molecule has 1 unspecified atom stereocenters. The fraction of sp³-hybridized carbons (Fsp3) is 0.529. The minimum absolute atomic E-state index is 0. The van der Waals surface area contributed by atoms with E-state index in [0.717, 1.165) is 37.2 Å². The van der Waals surface area contributed by atoms with Crippen LogP contribution in [0.4, 0.5) is 5.69 Å². The molecule has 2 fully saturated rings. The van der Waals surface area contributed by atoms with Gasteiger partial charge in [-0.25, -0.2) is 0 Å². The molecule has 0 aromatic heterocycles. The Hall–Kier alpha value is -1.63. The van der Waals surface area contributed by atoms with E-state index in [0.29, 0.717) is 26.1 Å². The van der Waals surface area contributed by atoms with Gasteiger partial charge in [0.1, 0.15) is 6.10 Å². The van der Waals surface area contributed by atoms with E-state index in [-0.39, 0.29) is 24.2 Å². The van der Waals surface area contributed by atoms with Crippen molar-refractivity contribution in [1.29, 1.82) is 0 Å². The molecule has 2 saturated heterocycles. The molecule has 2 amide bonds. The summed E-state index contributed by atoms with van der Waals surface area (Å²) in [5.74, 6) is 0.0794. The summed E-state index contributed by atoms with van der Waals surface area (Å²) in [6, 6.07) is 7.67. The van der Waals surface area contributed by atoms with E-state index in [4.69, 9.17) is 4.74 Å². The van der Waals surface area contributed by atoms with E-state index < -0.39 is 6.10 Å². The van der Waals surface area contributed by atoms with Gasteiger partial charge in [-0.2, -0.15) is 0 Å². The molecule has 2 N–H and O–H groups in total. The van der Waals surface area contributed by atoms with Gasteiger partial charge in [-0.15, -0.1) is 12.4 Å². The molecule has 1 atom stereocenters. The molecule has 0 aliphatic carbocycles. The van der Waals surface area contributed by atoms with Crippen molar-refractivity contribution >= 4 is 29.9 Å². The minimum atomic E-state index is -0.448. The number of morpholine rings is 1. The van der Waals surface area contributed by atoms with Crippen LogP contribution >= 0.6 is 12.4 Å². The summed E-state index contributed by atoms with van der Waals surface area (Å²) in [6.45, 7) is 3.28. The standard InChI is InChI=1S/C17H23N3O3.ClH/c21-16-6-1-2-8-20(16)12-13-4-3-5-14(10-13)19-17(22)15-11-18-7-9-23-15;/h3-5,10,15,18H,1-2,6-9,11-12H2,(H,19,22);1H. The Labute approximate surface area is 148 Å². The quantitative estimate of drug-likeness (QED) is 0.861. The lowest BCUT2D eigenvalue weighted by Gasteiger charge is -2.27. The monoisotopic (exact) mass is 353 g/mol. The van der Waals surface area contributed by atoms with Crippen LogP contribution in [-0.4, -0.2) is 49.1 Å². The normalized spacial score (nSPS) is 21.1. The molecule has 24 heavy (non-hydrogen) atoms. The van der Waals surface area contributed by atoms with E-state index in [1.807, 2.05) is 29.2 Å². The second-order valence-corrected chi connectivity index (χ2v) is 6.03. The number of hydrogen-bond donors (Lipinski definition) is 2. The predicted octanol–water partition coefficient (Wildman–Crippen LogP) is 1.55. The maximum Gasteiger partial charge on any atom is 0.254 e. The molecule has 7 heteroatoms. The van der Waals surface area contributed by atoms with Crippen LogP contribution in [0.1, 0.15) is 24.8 Å². The molecule has 1 aromatic carbocycles. The summed E-state index contributed by atoms with van der Waals surface area (Å²) >= 11 is 0. The minimum Gasteiger partial charge on any atom is -0.366 e. The maximum absolute atomic E-state index is 12.2. The molecule has 0 saturated carbocycles. The Balaban J connectivity index is 0.00000208. The second-order valence-electron chi connectivity index (χ2n) is 6.03. The number of amides is 2. The van der Waals surface area contributed by atoms with Gasteiger partial charge in [-0.05, 0) is 30.5 Å². The van der Waals surface area contributed by atoms with Gasteiger partial charge < -0.3 is 20.3 Å². The van der Waals surface area contributed by atoms with Gasteiger partial charge in [0, 0.05) is 38.3 Å². The number of anilines is 1. The third-order valence-electron chi connectivity index (χ3n) is 4.21. The average Bonchev–Trinajstić information content (AvgIpc) is 2.58. The number of carbonyl (C=O) groups is 2. The van der Waals surface area contributed by atoms with Crippen molar-refractivity contribution in [2.45, 2.75) is 31.9 Å². The van der Waals surface area contributed by atoms with Gasteiger partial charge in [0.05, 0.1) is 6.61 Å². The highest BCUT2D eigenvalue weighted by molar-refractivity contribution is 5.94. The van der Waals surface area contributed by atoms with Crippen LogP contribution in [0.2, 0.25) is 0 Å². The van der Waals surface area contributed by atoms with Crippen molar-refractivity contribution in [2.75, 3.05) is 31.6 Å². The number of rotatable bonds is 4. The Bertz CT molecular complexity index is 576. The van der Waals surface area contributed by atoms with Crippen molar-refractivity contribution in [1.82, 2.24) is 10.2 Å². The molecule has 2 aliphatic heterocycles. The van der Waals surface area contributed by atoms with Crippen molar-refractivity contribution in [3.63, 3.8) is 0 Å². The van der Waals surface area contributed by atoms with Gasteiger partial charge in [0.2, 0.25) is 5.91 Å². The smallest absolute Gasteiger partial charge is 0.254 e. The molecule has 3 rings (SSSR count). The fourth-order valence-corrected chi connectivity index (χ4v) is 2.95. The SMILES string of the molecule is Cl.O=C(Nc1cccc(CN2CCCCC2=O)c1)C1CNCCO1. The molecule has 132 valence electrons. The van der Waals surface area contributed by atoms with E-state index in [1.165, 1.54) is 0 Å². The van der Waals surface area contributed by atoms with E-state index in [2.05, 4.69) is 10.6 Å². The average molecular weight is 354 g/mol. The zero-order chi connectivity index (χ0) is 16.1. The molecule has 2 aliphatic rings. The van der Waals surface area contributed by atoms with E-state index >= 15 is 0 Å². The van der Waals surface area contributed by atoms with Gasteiger partial charge in [-0.1, -0.05) is 12.1 Å². The lowest BCUT2D eigenvalue weighted by Crippen LogP contribution is -2.45. The molecule has 1 aromatic rings. The Kier molecular flexibility index (Phi) is 7.02. The van der Waals surface area contributed by atoms with Gasteiger partial charge in [0.15, 0.2) is 0 Å². The van der Waals surface area contributed by atoms with Gasteiger partial charge in [0.25, 0.3) is 5.91 Å². The van der Waals surface area contributed by atoms with Crippen molar-refractivity contribution in [2.24, 2.45) is 0 Å². The van der Waals surface area contributed by atoms with Gasteiger partial charge in [-0.3, -0.25) is 9.59 Å². The van der Waals surface area contributed by atoms with Crippen molar-refractivity contribution in [3.05, 3.63) is 29.8 Å². The topological polar surface area (TPSA) is 70.7 Å². The fourth-order valence-electron chi connectivity index (χ4n) is 2.95. The highest BCUT2D eigenvalue weighted by Gasteiger charge is 2.22. The number of carbonyl (C=O) groups excluding carboxylic acids is 2. The van der Waals surface area contributed by atoms with E-state index in [1.54, 1.807) is 0 Å².